The van der Waals surface area contributed by atoms with Gasteiger partial charge in [0.15, 0.2) is 11.6 Å². The van der Waals surface area contributed by atoms with Gasteiger partial charge in [0.25, 0.3) is 0 Å². The fourth-order valence-electron chi connectivity index (χ4n) is 1.43. The molecule has 0 atom stereocenters. The third kappa shape index (κ3) is 2.78. The lowest BCUT2D eigenvalue weighted by molar-refractivity contribution is 0.509. The second-order valence-corrected chi connectivity index (χ2v) is 3.64. The van der Waals surface area contributed by atoms with E-state index in [1.807, 2.05) is 0 Å². The average molecular weight is 250 g/mol. The lowest BCUT2D eigenvalue weighted by Crippen LogP contribution is -2.14. The highest BCUT2D eigenvalue weighted by Crippen LogP contribution is 2.20. The summed E-state index contributed by atoms with van der Waals surface area (Å²) in [7, 11) is 0. The van der Waals surface area contributed by atoms with Crippen LogP contribution in [0.25, 0.3) is 11.1 Å². The summed E-state index contributed by atoms with van der Waals surface area (Å²) in [5.41, 5.74) is 6.48. The number of benzene rings is 1. The molecule has 18 heavy (non-hydrogen) atoms. The second-order valence-electron chi connectivity index (χ2n) is 3.64. The number of nitrogens with two attached hydrogens (primary N) is 1. The molecular weight excluding hydrogens is 238 g/mol. The van der Waals surface area contributed by atoms with Crippen LogP contribution >= 0.6 is 0 Å². The molecule has 1 aromatic carbocycles. The molecule has 0 radical (unpaired) electrons. The quantitative estimate of drug-likeness (QED) is 0.868. The van der Waals surface area contributed by atoms with Gasteiger partial charge in [-0.3, -0.25) is 0 Å². The molecular formula is C12H12F2N4. The number of nitrogens with one attached hydrogen (secondary N) is 1. The number of halogens is 2. The topological polar surface area (TPSA) is 63.8 Å². The van der Waals surface area contributed by atoms with E-state index in [0.717, 1.165) is 12.1 Å². The van der Waals surface area contributed by atoms with Crippen molar-refractivity contribution in [1.82, 2.24) is 9.97 Å². The van der Waals surface area contributed by atoms with Gasteiger partial charge in [-0.1, -0.05) is 6.07 Å². The van der Waals surface area contributed by atoms with Crippen LogP contribution in [-0.4, -0.2) is 23.1 Å². The molecule has 0 amide bonds. The minimum atomic E-state index is -0.891. The average Bonchev–Trinajstić information content (AvgIpc) is 2.40. The van der Waals surface area contributed by atoms with Gasteiger partial charge in [-0.25, -0.2) is 18.7 Å². The summed E-state index contributed by atoms with van der Waals surface area (Å²) >= 11 is 0. The molecule has 1 aromatic heterocycles. The van der Waals surface area contributed by atoms with E-state index in [-0.39, 0.29) is 0 Å². The molecule has 0 saturated heterocycles. The SMILES string of the molecule is NCCNc1ncc(-c2ccc(F)c(F)c2)cn1. The first-order valence-electron chi connectivity index (χ1n) is 5.42. The van der Waals surface area contributed by atoms with Gasteiger partial charge in [0.05, 0.1) is 0 Å². The molecule has 0 fully saturated rings. The third-order valence-corrected chi connectivity index (χ3v) is 2.33. The molecule has 2 aromatic rings. The molecule has 6 heteroatoms. The van der Waals surface area contributed by atoms with Crippen molar-refractivity contribution < 1.29 is 8.78 Å². The Morgan fingerprint density at radius 1 is 1.06 bits per heavy atom. The van der Waals surface area contributed by atoms with Crippen LogP contribution in [0.15, 0.2) is 30.6 Å². The smallest absolute Gasteiger partial charge is 0.222 e. The molecule has 0 spiro atoms. The lowest BCUT2D eigenvalue weighted by atomic mass is 10.1. The predicted molar refractivity (Wildman–Crippen MR) is 64.9 cm³/mol. The Morgan fingerprint density at radius 3 is 2.39 bits per heavy atom. The van der Waals surface area contributed by atoms with Crippen molar-refractivity contribution in [3.8, 4) is 11.1 Å². The summed E-state index contributed by atoms with van der Waals surface area (Å²) in [5, 5.41) is 2.91. The van der Waals surface area contributed by atoms with Crippen molar-refractivity contribution in [1.29, 1.82) is 0 Å². The normalized spacial score (nSPS) is 10.4. The molecule has 0 aliphatic heterocycles. The van der Waals surface area contributed by atoms with E-state index >= 15 is 0 Å². The molecule has 4 nitrogen and oxygen atoms in total. The number of rotatable bonds is 4. The van der Waals surface area contributed by atoms with E-state index in [1.165, 1.54) is 6.07 Å². The maximum Gasteiger partial charge on any atom is 0.222 e. The molecule has 0 unspecified atom stereocenters. The summed E-state index contributed by atoms with van der Waals surface area (Å²) in [4.78, 5) is 8.10. The van der Waals surface area contributed by atoms with Crippen LogP contribution in [0.3, 0.4) is 0 Å². The summed E-state index contributed by atoms with van der Waals surface area (Å²) in [5.74, 6) is -1.31. The Hall–Kier alpha value is -2.08. The zero-order valence-corrected chi connectivity index (χ0v) is 9.53. The number of hydrogen-bond acceptors (Lipinski definition) is 4. The standard InChI is InChI=1S/C12H12F2N4/c13-10-2-1-8(5-11(10)14)9-6-17-12(18-7-9)16-4-3-15/h1-2,5-7H,3-4,15H2,(H,16,17,18). The Balaban J connectivity index is 2.20. The van der Waals surface area contributed by atoms with Gasteiger partial charge in [-0.05, 0) is 17.7 Å². The van der Waals surface area contributed by atoms with Crippen molar-refractivity contribution in [3.63, 3.8) is 0 Å². The lowest BCUT2D eigenvalue weighted by Gasteiger charge is -2.04. The van der Waals surface area contributed by atoms with E-state index in [0.29, 0.717) is 30.2 Å². The zero-order valence-electron chi connectivity index (χ0n) is 9.53. The van der Waals surface area contributed by atoms with Gasteiger partial charge < -0.3 is 11.1 Å². The minimum absolute atomic E-state index is 0.451. The summed E-state index contributed by atoms with van der Waals surface area (Å²) < 4.78 is 25.9. The van der Waals surface area contributed by atoms with E-state index in [4.69, 9.17) is 5.73 Å². The molecule has 0 aliphatic rings. The Bertz CT molecular complexity index is 528. The first-order chi connectivity index (χ1) is 8.70. The number of hydrogen-bond donors (Lipinski definition) is 2. The molecule has 94 valence electrons. The van der Waals surface area contributed by atoms with Gasteiger partial charge in [0, 0.05) is 31.0 Å². The Kier molecular flexibility index (Phi) is 3.78. The first-order valence-corrected chi connectivity index (χ1v) is 5.42. The van der Waals surface area contributed by atoms with E-state index < -0.39 is 11.6 Å². The molecule has 0 bridgehead atoms. The fraction of sp³-hybridized carbons (Fsp3) is 0.167. The first kappa shape index (κ1) is 12.4. The highest BCUT2D eigenvalue weighted by atomic mass is 19.2. The predicted octanol–water partition coefficient (Wildman–Crippen LogP) is 1.79. The number of nitrogens with zero attached hydrogens (tertiary/aromatic N) is 2. The van der Waals surface area contributed by atoms with Crippen molar-refractivity contribution in [2.24, 2.45) is 5.73 Å². The number of anilines is 1. The maximum absolute atomic E-state index is 13.1. The third-order valence-electron chi connectivity index (χ3n) is 2.33. The Morgan fingerprint density at radius 2 is 1.78 bits per heavy atom. The molecule has 0 saturated carbocycles. The highest BCUT2D eigenvalue weighted by Gasteiger charge is 2.05. The van der Waals surface area contributed by atoms with Gasteiger partial charge >= 0.3 is 0 Å². The summed E-state index contributed by atoms with van der Waals surface area (Å²) in [6.07, 6.45) is 3.08. The minimum Gasteiger partial charge on any atom is -0.353 e. The van der Waals surface area contributed by atoms with E-state index in [2.05, 4.69) is 15.3 Å². The summed E-state index contributed by atoms with van der Waals surface area (Å²) in [6, 6.07) is 3.66. The van der Waals surface area contributed by atoms with Gasteiger partial charge in [0.1, 0.15) is 0 Å². The van der Waals surface area contributed by atoms with Crippen molar-refractivity contribution in [2.45, 2.75) is 0 Å². The fourth-order valence-corrected chi connectivity index (χ4v) is 1.43. The van der Waals surface area contributed by atoms with Crippen LogP contribution in [0.5, 0.6) is 0 Å². The van der Waals surface area contributed by atoms with Crippen LogP contribution in [0, 0.1) is 11.6 Å². The molecule has 2 rings (SSSR count). The van der Waals surface area contributed by atoms with Crippen molar-refractivity contribution >= 4 is 5.95 Å². The van der Waals surface area contributed by atoms with Gasteiger partial charge in [-0.2, -0.15) is 0 Å². The maximum atomic E-state index is 13.1. The van der Waals surface area contributed by atoms with Crippen LogP contribution in [-0.2, 0) is 0 Å². The van der Waals surface area contributed by atoms with E-state index in [1.54, 1.807) is 12.4 Å². The van der Waals surface area contributed by atoms with Crippen LogP contribution in [0.4, 0.5) is 14.7 Å². The van der Waals surface area contributed by atoms with Crippen molar-refractivity contribution in [2.75, 3.05) is 18.4 Å². The zero-order chi connectivity index (χ0) is 13.0. The molecule has 0 aliphatic carbocycles. The van der Waals surface area contributed by atoms with E-state index in [9.17, 15) is 8.78 Å². The van der Waals surface area contributed by atoms with Crippen molar-refractivity contribution in [3.05, 3.63) is 42.2 Å². The summed E-state index contributed by atoms with van der Waals surface area (Å²) in [6.45, 7) is 1.05. The van der Waals surface area contributed by atoms with Crippen LogP contribution in [0.1, 0.15) is 0 Å². The number of aromatic nitrogens is 2. The molecule has 3 N–H and O–H groups in total. The Labute approximate surface area is 103 Å². The van der Waals surface area contributed by atoms with Gasteiger partial charge in [-0.15, -0.1) is 0 Å². The van der Waals surface area contributed by atoms with Crippen LogP contribution < -0.4 is 11.1 Å². The molecule has 1 heterocycles. The van der Waals surface area contributed by atoms with Gasteiger partial charge in [0.2, 0.25) is 5.95 Å². The monoisotopic (exact) mass is 250 g/mol. The highest BCUT2D eigenvalue weighted by molar-refractivity contribution is 5.61. The largest absolute Gasteiger partial charge is 0.353 e. The van der Waals surface area contributed by atoms with Crippen LogP contribution in [0.2, 0.25) is 0 Å². The second kappa shape index (κ2) is 5.50.